The second-order valence-electron chi connectivity index (χ2n) is 3.60. The maximum Gasteiger partial charge on any atom is 0.155 e. The summed E-state index contributed by atoms with van der Waals surface area (Å²) in [5.74, 6) is 1.43. The van der Waals surface area contributed by atoms with Gasteiger partial charge in [-0.05, 0) is 6.42 Å². The summed E-state index contributed by atoms with van der Waals surface area (Å²) in [7, 11) is 0. The van der Waals surface area contributed by atoms with Crippen LogP contribution in [0.2, 0.25) is 0 Å². The number of rotatable bonds is 5. The average Bonchev–Trinajstić information content (AvgIpc) is 2.63. The lowest BCUT2D eigenvalue weighted by Gasteiger charge is -2.09. The molecule has 3 nitrogen and oxygen atoms in total. The van der Waals surface area contributed by atoms with Gasteiger partial charge in [-0.2, -0.15) is 0 Å². The third-order valence-electron chi connectivity index (χ3n) is 2.61. The van der Waals surface area contributed by atoms with E-state index in [9.17, 15) is 4.79 Å². The van der Waals surface area contributed by atoms with Crippen molar-refractivity contribution in [3.63, 3.8) is 0 Å². The van der Waals surface area contributed by atoms with E-state index < -0.39 is 0 Å². The lowest BCUT2D eigenvalue weighted by Crippen LogP contribution is -2.18. The molecule has 1 aromatic heterocycles. The number of carbonyl (C=O) groups excluding carboxylic acids is 1. The van der Waals surface area contributed by atoms with E-state index in [2.05, 4.69) is 4.98 Å². The van der Waals surface area contributed by atoms with Crippen LogP contribution in [0.4, 0.5) is 0 Å². The van der Waals surface area contributed by atoms with Crippen molar-refractivity contribution in [3.8, 4) is 0 Å². The summed E-state index contributed by atoms with van der Waals surface area (Å²) in [4.78, 5) is 15.8. The first-order valence-corrected chi connectivity index (χ1v) is 5.21. The second-order valence-corrected chi connectivity index (χ2v) is 3.60. The van der Waals surface area contributed by atoms with E-state index in [-0.39, 0.29) is 5.92 Å². The van der Waals surface area contributed by atoms with Crippen LogP contribution in [0.5, 0.6) is 0 Å². The maximum absolute atomic E-state index is 11.7. The van der Waals surface area contributed by atoms with Gasteiger partial charge in [-0.25, -0.2) is 4.98 Å². The first-order chi connectivity index (χ1) is 6.69. The third kappa shape index (κ3) is 2.44. The highest BCUT2D eigenvalue weighted by Crippen LogP contribution is 2.06. The van der Waals surface area contributed by atoms with E-state index in [0.29, 0.717) is 12.3 Å². The Hall–Kier alpha value is -1.12. The van der Waals surface area contributed by atoms with Crippen molar-refractivity contribution in [1.29, 1.82) is 0 Å². The Kier molecular flexibility index (Phi) is 3.86. The van der Waals surface area contributed by atoms with Crippen molar-refractivity contribution in [2.75, 3.05) is 0 Å². The normalized spacial score (nSPS) is 12.8. The number of hydrogen-bond donors (Lipinski definition) is 0. The van der Waals surface area contributed by atoms with E-state index >= 15 is 0 Å². The fraction of sp³-hybridized carbons (Fsp3) is 0.636. The zero-order chi connectivity index (χ0) is 10.6. The minimum Gasteiger partial charge on any atom is -0.328 e. The molecule has 1 heterocycles. The van der Waals surface area contributed by atoms with Gasteiger partial charge in [-0.15, -0.1) is 0 Å². The van der Waals surface area contributed by atoms with E-state index in [1.807, 2.05) is 31.5 Å². The summed E-state index contributed by atoms with van der Waals surface area (Å²) in [6.07, 6.45) is 5.41. The monoisotopic (exact) mass is 194 g/mol. The summed E-state index contributed by atoms with van der Waals surface area (Å²) in [5.41, 5.74) is 0. The topological polar surface area (TPSA) is 34.9 Å². The number of aryl methyl sites for hydroxylation is 1. The van der Waals surface area contributed by atoms with Gasteiger partial charge in [0.2, 0.25) is 0 Å². The molecule has 0 N–H and O–H groups in total. The minimum atomic E-state index is 0.155. The lowest BCUT2D eigenvalue weighted by atomic mass is 10.0. The molecule has 14 heavy (non-hydrogen) atoms. The molecule has 0 aromatic carbocycles. The van der Waals surface area contributed by atoms with Crippen molar-refractivity contribution in [2.45, 2.75) is 40.2 Å². The van der Waals surface area contributed by atoms with Crippen molar-refractivity contribution >= 4 is 5.78 Å². The molecule has 0 saturated heterocycles. The van der Waals surface area contributed by atoms with Crippen molar-refractivity contribution in [3.05, 3.63) is 18.2 Å². The summed E-state index contributed by atoms with van der Waals surface area (Å²) >= 11 is 0. The molecule has 0 bridgehead atoms. The molecule has 3 heteroatoms. The van der Waals surface area contributed by atoms with Gasteiger partial charge in [-0.3, -0.25) is 4.79 Å². The Balaban J connectivity index is 2.64. The van der Waals surface area contributed by atoms with Crippen molar-refractivity contribution in [1.82, 2.24) is 9.55 Å². The van der Waals surface area contributed by atoms with Crippen LogP contribution in [0.1, 0.15) is 33.0 Å². The molecule has 1 aromatic rings. The Labute approximate surface area is 85.2 Å². The SMILES string of the molecule is CCc1nccn1CC(=O)C(C)CC. The highest BCUT2D eigenvalue weighted by atomic mass is 16.1. The zero-order valence-electron chi connectivity index (χ0n) is 9.16. The van der Waals surface area contributed by atoms with Crippen LogP contribution < -0.4 is 0 Å². The van der Waals surface area contributed by atoms with Crippen LogP contribution in [0.15, 0.2) is 12.4 Å². The average molecular weight is 194 g/mol. The van der Waals surface area contributed by atoms with Crippen molar-refractivity contribution < 1.29 is 4.79 Å². The predicted octanol–water partition coefficient (Wildman–Crippen LogP) is 2.06. The first kappa shape index (κ1) is 11.0. The van der Waals surface area contributed by atoms with Gasteiger partial charge in [-0.1, -0.05) is 20.8 Å². The predicted molar refractivity (Wildman–Crippen MR) is 56.1 cm³/mol. The summed E-state index contributed by atoms with van der Waals surface area (Å²) in [6, 6.07) is 0. The standard InChI is InChI=1S/C11H18N2O/c1-4-9(3)10(14)8-13-7-6-12-11(13)5-2/h6-7,9H,4-5,8H2,1-3H3. The Bertz CT molecular complexity index is 304. The highest BCUT2D eigenvalue weighted by molar-refractivity contribution is 5.80. The first-order valence-electron chi connectivity index (χ1n) is 5.21. The van der Waals surface area contributed by atoms with E-state index in [4.69, 9.17) is 0 Å². The largest absolute Gasteiger partial charge is 0.328 e. The fourth-order valence-electron chi connectivity index (χ4n) is 1.35. The molecular weight excluding hydrogens is 176 g/mol. The molecule has 78 valence electrons. The zero-order valence-corrected chi connectivity index (χ0v) is 9.16. The van der Waals surface area contributed by atoms with Gasteiger partial charge >= 0.3 is 0 Å². The second kappa shape index (κ2) is 4.94. The van der Waals surface area contributed by atoms with E-state index in [1.54, 1.807) is 6.20 Å². The molecule has 0 amide bonds. The molecule has 0 aliphatic carbocycles. The van der Waals surface area contributed by atoms with Gasteiger partial charge in [0, 0.05) is 24.7 Å². The van der Waals surface area contributed by atoms with Crippen LogP contribution in [-0.4, -0.2) is 15.3 Å². The van der Waals surface area contributed by atoms with Gasteiger partial charge in [0.05, 0.1) is 6.54 Å². The maximum atomic E-state index is 11.7. The number of carbonyl (C=O) groups is 1. The molecule has 1 unspecified atom stereocenters. The van der Waals surface area contributed by atoms with Gasteiger partial charge in [0.15, 0.2) is 5.78 Å². The highest BCUT2D eigenvalue weighted by Gasteiger charge is 2.12. The van der Waals surface area contributed by atoms with Crippen LogP contribution in [0.3, 0.4) is 0 Å². The smallest absolute Gasteiger partial charge is 0.155 e. The van der Waals surface area contributed by atoms with E-state index in [0.717, 1.165) is 18.7 Å². The quantitative estimate of drug-likeness (QED) is 0.719. The molecule has 0 aliphatic heterocycles. The molecular formula is C11H18N2O. The van der Waals surface area contributed by atoms with Crippen LogP contribution in [0, 0.1) is 5.92 Å². The number of ketones is 1. The number of hydrogen-bond acceptors (Lipinski definition) is 2. The lowest BCUT2D eigenvalue weighted by molar-refractivity contribution is -0.123. The molecule has 1 atom stereocenters. The molecule has 0 fully saturated rings. The van der Waals surface area contributed by atoms with Gasteiger partial charge in [0.25, 0.3) is 0 Å². The van der Waals surface area contributed by atoms with Crippen LogP contribution >= 0.6 is 0 Å². The fourth-order valence-corrected chi connectivity index (χ4v) is 1.35. The number of aromatic nitrogens is 2. The Morgan fingerprint density at radius 2 is 2.29 bits per heavy atom. The number of imidazole rings is 1. The molecule has 0 aliphatic rings. The van der Waals surface area contributed by atoms with Crippen molar-refractivity contribution in [2.24, 2.45) is 5.92 Å². The number of Topliss-reactive ketones (excluding diaryl/α,β-unsaturated/α-hetero) is 1. The Morgan fingerprint density at radius 1 is 1.57 bits per heavy atom. The summed E-state index contributed by atoms with van der Waals surface area (Å²) in [5, 5.41) is 0. The van der Waals surface area contributed by atoms with E-state index in [1.165, 1.54) is 0 Å². The number of nitrogens with zero attached hydrogens (tertiary/aromatic N) is 2. The summed E-state index contributed by atoms with van der Waals surface area (Å²) in [6.45, 7) is 6.53. The summed E-state index contributed by atoms with van der Waals surface area (Å²) < 4.78 is 1.94. The molecule has 1 rings (SSSR count). The van der Waals surface area contributed by atoms with Crippen LogP contribution in [-0.2, 0) is 17.8 Å². The minimum absolute atomic E-state index is 0.155. The van der Waals surface area contributed by atoms with Gasteiger partial charge < -0.3 is 4.57 Å². The third-order valence-corrected chi connectivity index (χ3v) is 2.61. The molecule has 0 saturated carbocycles. The van der Waals surface area contributed by atoms with Gasteiger partial charge in [0.1, 0.15) is 5.82 Å². The molecule has 0 spiro atoms. The van der Waals surface area contributed by atoms with Crippen LogP contribution in [0.25, 0.3) is 0 Å². The molecule has 0 radical (unpaired) electrons. The Morgan fingerprint density at radius 3 is 2.86 bits per heavy atom.